The topological polar surface area (TPSA) is 33.1 Å². The van der Waals surface area contributed by atoms with Crippen molar-refractivity contribution in [3.63, 3.8) is 0 Å². The molecule has 21 heavy (non-hydrogen) atoms. The largest absolute Gasteiger partial charge is 0.307 e. The van der Waals surface area contributed by atoms with E-state index >= 15 is 0 Å². The lowest BCUT2D eigenvalue weighted by atomic mass is 9.84. The minimum Gasteiger partial charge on any atom is -0.307 e. The Morgan fingerprint density at radius 1 is 1.24 bits per heavy atom. The molecule has 2 aromatic rings. The number of hydrogen-bond acceptors (Lipinski definition) is 3. The van der Waals surface area contributed by atoms with Crippen molar-refractivity contribution in [2.75, 3.05) is 19.6 Å². The Hall–Kier alpha value is -1.39. The van der Waals surface area contributed by atoms with Crippen LogP contribution in [0.5, 0.6) is 0 Å². The molecule has 4 heteroatoms. The van der Waals surface area contributed by atoms with Crippen LogP contribution in [-0.2, 0) is 13.1 Å². The second kappa shape index (κ2) is 5.43. The summed E-state index contributed by atoms with van der Waals surface area (Å²) >= 11 is 0. The maximum absolute atomic E-state index is 4.79. The summed E-state index contributed by atoms with van der Waals surface area (Å²) in [6, 6.07) is 9.23. The van der Waals surface area contributed by atoms with Crippen LogP contribution in [-0.4, -0.2) is 40.4 Å². The van der Waals surface area contributed by atoms with E-state index in [1.807, 2.05) is 0 Å². The molecule has 1 aromatic carbocycles. The Labute approximate surface area is 126 Å². The third kappa shape index (κ3) is 2.36. The molecule has 4 nitrogen and oxygen atoms in total. The van der Waals surface area contributed by atoms with Crippen molar-refractivity contribution in [1.29, 1.82) is 0 Å². The molecule has 3 aliphatic heterocycles. The molecular formula is C17H24N4. The maximum atomic E-state index is 4.79. The number of para-hydroxylation sites is 1. The zero-order valence-electron chi connectivity index (χ0n) is 12.8. The summed E-state index contributed by atoms with van der Waals surface area (Å²) in [5.41, 5.74) is 2.45. The molecule has 0 amide bonds. The van der Waals surface area contributed by atoms with Crippen LogP contribution in [0.1, 0.15) is 25.5 Å². The fourth-order valence-corrected chi connectivity index (χ4v) is 3.99. The Balaban J connectivity index is 1.52. The molecule has 0 aliphatic carbocycles. The van der Waals surface area contributed by atoms with Crippen molar-refractivity contribution >= 4 is 10.9 Å². The molecule has 0 spiro atoms. The number of benzene rings is 1. The van der Waals surface area contributed by atoms with Crippen molar-refractivity contribution in [2.45, 2.75) is 38.9 Å². The van der Waals surface area contributed by atoms with Gasteiger partial charge in [-0.3, -0.25) is 4.68 Å². The van der Waals surface area contributed by atoms with Gasteiger partial charge in [0.15, 0.2) is 0 Å². The van der Waals surface area contributed by atoms with E-state index in [4.69, 9.17) is 5.10 Å². The van der Waals surface area contributed by atoms with E-state index in [-0.39, 0.29) is 0 Å². The molecule has 3 aliphatic rings. The monoisotopic (exact) mass is 284 g/mol. The Bertz CT molecular complexity index is 625. The van der Waals surface area contributed by atoms with E-state index < -0.39 is 0 Å². The first kappa shape index (κ1) is 13.3. The molecule has 3 saturated heterocycles. The Kier molecular flexibility index (Phi) is 3.43. The van der Waals surface area contributed by atoms with Crippen molar-refractivity contribution in [2.24, 2.45) is 5.92 Å². The smallest absolute Gasteiger partial charge is 0.0841 e. The zero-order valence-corrected chi connectivity index (χ0v) is 12.8. The minimum atomic E-state index is 0.651. The standard InChI is InChI=1S/C17H24N4/c1-2-21-17-6-4-3-5-14(17)15(19-21)11-18-16-12-20-9-7-13(16)8-10-20/h3-6,13,16,18H,2,7-12H2,1H3. The van der Waals surface area contributed by atoms with Crippen molar-refractivity contribution < 1.29 is 0 Å². The molecule has 3 fully saturated rings. The lowest BCUT2D eigenvalue weighted by molar-refractivity contribution is 0.0719. The number of fused-ring (bicyclic) bond motifs is 4. The summed E-state index contributed by atoms with van der Waals surface area (Å²) in [5, 5.41) is 9.88. The van der Waals surface area contributed by atoms with Gasteiger partial charge in [0.05, 0.1) is 11.2 Å². The predicted molar refractivity (Wildman–Crippen MR) is 85.2 cm³/mol. The summed E-state index contributed by atoms with van der Waals surface area (Å²) < 4.78 is 2.11. The normalized spacial score (nSPS) is 28.3. The number of aromatic nitrogens is 2. The van der Waals surface area contributed by atoms with Gasteiger partial charge >= 0.3 is 0 Å². The van der Waals surface area contributed by atoms with E-state index in [0.29, 0.717) is 6.04 Å². The third-order valence-corrected chi connectivity index (χ3v) is 5.22. The highest BCUT2D eigenvalue weighted by molar-refractivity contribution is 5.81. The molecular weight excluding hydrogens is 260 g/mol. The minimum absolute atomic E-state index is 0.651. The number of aryl methyl sites for hydroxylation is 1. The average molecular weight is 284 g/mol. The van der Waals surface area contributed by atoms with Crippen LogP contribution < -0.4 is 5.32 Å². The number of hydrogen-bond donors (Lipinski definition) is 1. The number of nitrogens with one attached hydrogen (secondary N) is 1. The predicted octanol–water partition coefficient (Wildman–Crippen LogP) is 2.24. The molecule has 0 radical (unpaired) electrons. The molecule has 1 unspecified atom stereocenters. The van der Waals surface area contributed by atoms with Crippen LogP contribution in [0, 0.1) is 5.92 Å². The van der Waals surface area contributed by atoms with Crippen LogP contribution in [0.4, 0.5) is 0 Å². The van der Waals surface area contributed by atoms with Gasteiger partial charge in [-0.2, -0.15) is 5.10 Å². The van der Waals surface area contributed by atoms with Crippen molar-refractivity contribution in [3.05, 3.63) is 30.0 Å². The SMILES string of the molecule is CCn1nc(CNC2CN3CCC2CC3)c2ccccc21. The fourth-order valence-electron chi connectivity index (χ4n) is 3.99. The summed E-state index contributed by atoms with van der Waals surface area (Å²) in [7, 11) is 0. The number of piperidine rings is 3. The molecule has 1 atom stereocenters. The van der Waals surface area contributed by atoms with Gasteiger partial charge in [0.2, 0.25) is 0 Å². The van der Waals surface area contributed by atoms with Crippen molar-refractivity contribution in [3.8, 4) is 0 Å². The van der Waals surface area contributed by atoms with Crippen LogP contribution >= 0.6 is 0 Å². The van der Waals surface area contributed by atoms with E-state index in [0.717, 1.165) is 19.0 Å². The van der Waals surface area contributed by atoms with E-state index in [1.165, 1.54) is 49.1 Å². The molecule has 2 bridgehead atoms. The summed E-state index contributed by atoms with van der Waals surface area (Å²) in [4.78, 5) is 2.60. The van der Waals surface area contributed by atoms with Gasteiger partial charge in [-0.15, -0.1) is 0 Å². The van der Waals surface area contributed by atoms with Gasteiger partial charge in [0, 0.05) is 31.1 Å². The second-order valence-corrected chi connectivity index (χ2v) is 6.41. The molecule has 0 saturated carbocycles. The summed E-state index contributed by atoms with van der Waals surface area (Å²) in [5.74, 6) is 0.870. The molecule has 1 aromatic heterocycles. The van der Waals surface area contributed by atoms with E-state index in [1.54, 1.807) is 0 Å². The molecule has 112 valence electrons. The van der Waals surface area contributed by atoms with E-state index in [2.05, 4.69) is 46.1 Å². The highest BCUT2D eigenvalue weighted by Gasteiger charge is 2.33. The highest BCUT2D eigenvalue weighted by Crippen LogP contribution is 2.28. The van der Waals surface area contributed by atoms with Crippen LogP contribution in [0.15, 0.2) is 24.3 Å². The summed E-state index contributed by atoms with van der Waals surface area (Å²) in [6.07, 6.45) is 2.73. The molecule has 1 N–H and O–H groups in total. The zero-order chi connectivity index (χ0) is 14.2. The number of rotatable bonds is 4. The first-order valence-electron chi connectivity index (χ1n) is 8.25. The Morgan fingerprint density at radius 2 is 2.05 bits per heavy atom. The van der Waals surface area contributed by atoms with Crippen LogP contribution in [0.25, 0.3) is 10.9 Å². The lowest BCUT2D eigenvalue weighted by Gasteiger charge is -2.45. The quantitative estimate of drug-likeness (QED) is 0.935. The lowest BCUT2D eigenvalue weighted by Crippen LogP contribution is -2.55. The van der Waals surface area contributed by atoms with Crippen LogP contribution in [0.3, 0.4) is 0 Å². The van der Waals surface area contributed by atoms with Gasteiger partial charge < -0.3 is 10.2 Å². The van der Waals surface area contributed by atoms with Gasteiger partial charge in [0.1, 0.15) is 0 Å². The van der Waals surface area contributed by atoms with Gasteiger partial charge in [-0.05, 0) is 44.8 Å². The average Bonchev–Trinajstić information content (AvgIpc) is 2.92. The van der Waals surface area contributed by atoms with Crippen LogP contribution in [0.2, 0.25) is 0 Å². The van der Waals surface area contributed by atoms with E-state index in [9.17, 15) is 0 Å². The second-order valence-electron chi connectivity index (χ2n) is 6.41. The number of nitrogens with zero attached hydrogens (tertiary/aromatic N) is 3. The molecule has 4 heterocycles. The van der Waals surface area contributed by atoms with Gasteiger partial charge in [-0.1, -0.05) is 18.2 Å². The highest BCUT2D eigenvalue weighted by atomic mass is 15.3. The van der Waals surface area contributed by atoms with Crippen molar-refractivity contribution in [1.82, 2.24) is 20.0 Å². The van der Waals surface area contributed by atoms with Gasteiger partial charge in [0.25, 0.3) is 0 Å². The third-order valence-electron chi connectivity index (χ3n) is 5.22. The summed E-state index contributed by atoms with van der Waals surface area (Å²) in [6.45, 7) is 7.80. The Morgan fingerprint density at radius 3 is 2.76 bits per heavy atom. The maximum Gasteiger partial charge on any atom is 0.0841 e. The first-order chi connectivity index (χ1) is 10.3. The fraction of sp³-hybridized carbons (Fsp3) is 0.588. The van der Waals surface area contributed by atoms with Gasteiger partial charge in [-0.25, -0.2) is 0 Å². The molecule has 5 rings (SSSR count). The first-order valence-corrected chi connectivity index (χ1v) is 8.25.